The number of rotatable bonds is 3. The fourth-order valence-electron chi connectivity index (χ4n) is 2.01. The zero-order chi connectivity index (χ0) is 15.0. The van der Waals surface area contributed by atoms with Crippen molar-refractivity contribution in [3.63, 3.8) is 0 Å². The van der Waals surface area contributed by atoms with Gasteiger partial charge in [-0.15, -0.1) is 0 Å². The Kier molecular flexibility index (Phi) is 3.17. The van der Waals surface area contributed by atoms with Gasteiger partial charge in [0.05, 0.1) is 0 Å². The molecule has 0 spiro atoms. The minimum atomic E-state index is -4.04. The second-order valence-electron chi connectivity index (χ2n) is 4.34. The molecule has 2 rings (SSSR count). The molecule has 0 atom stereocenters. The van der Waals surface area contributed by atoms with Gasteiger partial charge in [0.15, 0.2) is 0 Å². The fraction of sp³-hybridized carbons (Fsp3) is 0.143. The Labute approximate surface area is 112 Å². The van der Waals surface area contributed by atoms with E-state index in [1.54, 1.807) is 30.3 Å². The summed E-state index contributed by atoms with van der Waals surface area (Å²) in [4.78, 5) is 22.1. The lowest BCUT2D eigenvalue weighted by Gasteiger charge is -2.31. The highest BCUT2D eigenvalue weighted by molar-refractivity contribution is 6.04. The molecular weight excluding hydrogens is 270 g/mol. The molecule has 0 saturated carbocycles. The Morgan fingerprint density at radius 3 is 2.00 bits per heavy atom. The topological polar surface area (TPSA) is 74.6 Å². The number of carboxylic acid groups (broad SMARTS) is 2. The number of benzene rings is 1. The molecule has 1 aliphatic rings. The third-order valence-electron chi connectivity index (χ3n) is 3.16. The van der Waals surface area contributed by atoms with E-state index in [1.165, 1.54) is 0 Å². The van der Waals surface area contributed by atoms with Crippen molar-refractivity contribution in [2.45, 2.75) is 5.92 Å². The highest BCUT2D eigenvalue weighted by Crippen LogP contribution is 2.45. The number of alkyl halides is 2. The van der Waals surface area contributed by atoms with Crippen LogP contribution in [0.3, 0.4) is 0 Å². The van der Waals surface area contributed by atoms with Gasteiger partial charge in [0, 0.05) is 0 Å². The van der Waals surface area contributed by atoms with E-state index in [2.05, 4.69) is 0 Å². The minimum Gasteiger partial charge on any atom is -0.480 e. The van der Waals surface area contributed by atoms with Gasteiger partial charge in [0.2, 0.25) is 5.41 Å². The molecule has 4 nitrogen and oxygen atoms in total. The van der Waals surface area contributed by atoms with Gasteiger partial charge in [-0.2, -0.15) is 8.78 Å². The van der Waals surface area contributed by atoms with E-state index in [4.69, 9.17) is 10.2 Å². The van der Waals surface area contributed by atoms with Gasteiger partial charge in [0.25, 0.3) is 5.92 Å². The molecule has 1 aromatic carbocycles. The highest BCUT2D eigenvalue weighted by Gasteiger charge is 2.64. The molecule has 2 N–H and O–H groups in total. The summed E-state index contributed by atoms with van der Waals surface area (Å²) in [6, 6.07) is 8.12. The maximum Gasteiger partial charge on any atom is 0.331 e. The average molecular weight is 280 g/mol. The Balaban J connectivity index is 2.54. The molecular formula is C14H10F2O4. The molecule has 20 heavy (non-hydrogen) atoms. The highest BCUT2D eigenvalue weighted by atomic mass is 19.3. The molecule has 0 aliphatic heterocycles. The molecule has 0 radical (unpaired) electrons. The van der Waals surface area contributed by atoms with Gasteiger partial charge in [0.1, 0.15) is 0 Å². The summed E-state index contributed by atoms with van der Waals surface area (Å²) < 4.78 is 28.1. The predicted octanol–water partition coefficient (Wildman–Crippen LogP) is 2.43. The molecule has 1 aliphatic carbocycles. The molecule has 6 heteroatoms. The van der Waals surface area contributed by atoms with Crippen LogP contribution >= 0.6 is 0 Å². The summed E-state index contributed by atoms with van der Waals surface area (Å²) >= 11 is 0. The van der Waals surface area contributed by atoms with Crippen molar-refractivity contribution in [1.29, 1.82) is 0 Å². The largest absolute Gasteiger partial charge is 0.480 e. The van der Waals surface area contributed by atoms with Gasteiger partial charge < -0.3 is 10.2 Å². The summed E-state index contributed by atoms with van der Waals surface area (Å²) in [6.07, 6.45) is 2.00. The van der Waals surface area contributed by atoms with Gasteiger partial charge >= 0.3 is 11.9 Å². The third-order valence-corrected chi connectivity index (χ3v) is 3.16. The predicted molar refractivity (Wildman–Crippen MR) is 66.2 cm³/mol. The molecule has 0 bridgehead atoms. The lowest BCUT2D eigenvalue weighted by Crippen LogP contribution is -2.52. The molecule has 0 amide bonds. The molecule has 0 heterocycles. The number of carboxylic acids is 2. The first-order valence-electron chi connectivity index (χ1n) is 5.63. The fourth-order valence-corrected chi connectivity index (χ4v) is 2.01. The second-order valence-corrected chi connectivity index (χ2v) is 4.34. The number of halogens is 2. The monoisotopic (exact) mass is 280 g/mol. The lowest BCUT2D eigenvalue weighted by molar-refractivity contribution is -0.179. The summed E-state index contributed by atoms with van der Waals surface area (Å²) in [6.45, 7) is 0. The second kappa shape index (κ2) is 4.56. The van der Waals surface area contributed by atoms with Crippen LogP contribution in [0.5, 0.6) is 0 Å². The van der Waals surface area contributed by atoms with Crippen molar-refractivity contribution in [3.05, 3.63) is 54.1 Å². The Bertz CT molecular complexity index is 603. The average Bonchev–Trinajstić information content (AvgIpc) is 2.37. The van der Waals surface area contributed by atoms with Crippen LogP contribution in [0.4, 0.5) is 8.78 Å². The number of carbonyl (C=O) groups is 2. The SMILES string of the molecule is O=C(O)C1(C(=O)O)C=CC(c2ccccc2)=CC1(F)F. The van der Waals surface area contributed by atoms with Crippen LogP contribution in [0, 0.1) is 5.41 Å². The molecule has 0 fully saturated rings. The molecule has 1 aromatic rings. The zero-order valence-corrected chi connectivity index (χ0v) is 10.1. The first-order chi connectivity index (χ1) is 9.31. The van der Waals surface area contributed by atoms with Crippen LogP contribution in [0.25, 0.3) is 5.57 Å². The zero-order valence-electron chi connectivity index (χ0n) is 10.1. The van der Waals surface area contributed by atoms with Crippen molar-refractivity contribution in [2.75, 3.05) is 0 Å². The molecule has 0 aromatic heterocycles. The summed E-state index contributed by atoms with van der Waals surface area (Å²) in [5.74, 6) is -8.24. The van der Waals surface area contributed by atoms with Crippen LogP contribution in [-0.2, 0) is 9.59 Å². The van der Waals surface area contributed by atoms with Crippen molar-refractivity contribution < 1.29 is 28.6 Å². The van der Waals surface area contributed by atoms with Crippen molar-refractivity contribution in [1.82, 2.24) is 0 Å². The van der Waals surface area contributed by atoms with Crippen LogP contribution in [0.15, 0.2) is 48.6 Å². The van der Waals surface area contributed by atoms with E-state index >= 15 is 0 Å². The third kappa shape index (κ3) is 1.89. The maximum atomic E-state index is 14.1. The first-order valence-corrected chi connectivity index (χ1v) is 5.63. The normalized spacial score (nSPS) is 19.2. The summed E-state index contributed by atoms with van der Waals surface area (Å²) in [5, 5.41) is 17.8. The van der Waals surface area contributed by atoms with Crippen LogP contribution in [0.2, 0.25) is 0 Å². The van der Waals surface area contributed by atoms with E-state index < -0.39 is 23.3 Å². The van der Waals surface area contributed by atoms with Crippen molar-refractivity contribution in [3.8, 4) is 0 Å². The quantitative estimate of drug-likeness (QED) is 0.834. The van der Waals surface area contributed by atoms with E-state index in [9.17, 15) is 18.4 Å². The minimum absolute atomic E-state index is 0.0775. The standard InChI is InChI=1S/C14H10F2O4/c15-14(16)8-10(9-4-2-1-3-5-9)6-7-13(14,11(17)18)12(19)20/h1-8H,(H,17,18)(H,19,20). The Morgan fingerprint density at radius 2 is 1.55 bits per heavy atom. The number of aliphatic carboxylic acids is 2. The van der Waals surface area contributed by atoms with Crippen LogP contribution < -0.4 is 0 Å². The summed E-state index contributed by atoms with van der Waals surface area (Å²) in [7, 11) is 0. The van der Waals surface area contributed by atoms with E-state index in [-0.39, 0.29) is 5.57 Å². The van der Waals surface area contributed by atoms with Crippen molar-refractivity contribution >= 4 is 17.5 Å². The van der Waals surface area contributed by atoms with E-state index in [1.807, 2.05) is 0 Å². The van der Waals surface area contributed by atoms with Crippen molar-refractivity contribution in [2.24, 2.45) is 5.41 Å². The number of hydrogen-bond acceptors (Lipinski definition) is 2. The smallest absolute Gasteiger partial charge is 0.331 e. The Morgan fingerprint density at radius 1 is 1.00 bits per heavy atom. The van der Waals surface area contributed by atoms with Gasteiger partial charge in [-0.1, -0.05) is 36.4 Å². The number of allylic oxidation sites excluding steroid dienone is 3. The lowest BCUT2D eigenvalue weighted by atomic mass is 9.76. The Hall–Kier alpha value is -2.50. The van der Waals surface area contributed by atoms with Gasteiger partial charge in [-0.3, -0.25) is 9.59 Å². The molecule has 0 saturated heterocycles. The van der Waals surface area contributed by atoms with E-state index in [0.717, 1.165) is 6.08 Å². The van der Waals surface area contributed by atoms with E-state index in [0.29, 0.717) is 17.7 Å². The first kappa shape index (κ1) is 13.9. The number of hydrogen-bond donors (Lipinski definition) is 2. The maximum absolute atomic E-state index is 14.1. The van der Waals surface area contributed by atoms with Crippen LogP contribution in [0.1, 0.15) is 5.56 Å². The van der Waals surface area contributed by atoms with Gasteiger partial charge in [-0.05, 0) is 23.3 Å². The van der Waals surface area contributed by atoms with Crippen LogP contribution in [-0.4, -0.2) is 28.1 Å². The van der Waals surface area contributed by atoms with Gasteiger partial charge in [-0.25, -0.2) is 0 Å². The summed E-state index contributed by atoms with van der Waals surface area (Å²) in [5.41, 5.74) is -2.74. The molecule has 0 unspecified atom stereocenters. The molecule has 104 valence electrons.